The van der Waals surface area contributed by atoms with Crippen LogP contribution in [-0.4, -0.2) is 19.5 Å². The molecule has 3 heterocycles. The molecule has 0 atom stereocenters. The highest BCUT2D eigenvalue weighted by Crippen LogP contribution is 2.63. The van der Waals surface area contributed by atoms with Gasteiger partial charge in [-0.3, -0.25) is 4.57 Å². The molecule has 0 saturated heterocycles. The molecule has 0 amide bonds. The maximum atomic E-state index is 6.33. The number of aromatic nitrogens is 4. The number of hydrogen-bond acceptors (Lipinski definition) is 4. The second-order valence-electron chi connectivity index (χ2n) is 15.1. The summed E-state index contributed by atoms with van der Waals surface area (Å²) in [6.45, 7) is 0. The summed E-state index contributed by atoms with van der Waals surface area (Å²) in [5.41, 5.74) is 15.4. The van der Waals surface area contributed by atoms with Crippen molar-refractivity contribution < 1.29 is 4.42 Å². The normalized spacial score (nSPS) is 13.4. The third-order valence-corrected chi connectivity index (χ3v) is 12.3. The first kappa shape index (κ1) is 30.7. The summed E-state index contributed by atoms with van der Waals surface area (Å²) in [6.07, 6.45) is 0. The maximum absolute atomic E-state index is 6.33. The molecular weight excluding hydrogens is 697 g/mol. The Morgan fingerprint density at radius 3 is 1.68 bits per heavy atom. The lowest BCUT2D eigenvalue weighted by Gasteiger charge is -2.30. The molecule has 13 rings (SSSR count). The molecule has 0 N–H and O–H groups in total. The Bertz CT molecular complexity index is 3440. The van der Waals surface area contributed by atoms with E-state index in [1.807, 2.05) is 36.4 Å². The molecule has 0 aliphatic heterocycles. The van der Waals surface area contributed by atoms with E-state index in [9.17, 15) is 0 Å². The Morgan fingerprint density at radius 2 is 0.947 bits per heavy atom. The fourth-order valence-corrected chi connectivity index (χ4v) is 9.94. The summed E-state index contributed by atoms with van der Waals surface area (Å²) in [5.74, 6) is 1.75. The van der Waals surface area contributed by atoms with Gasteiger partial charge in [0.05, 0.1) is 16.4 Å². The average Bonchev–Trinajstić information content (AvgIpc) is 3.99. The van der Waals surface area contributed by atoms with E-state index in [0.717, 1.165) is 54.9 Å². The van der Waals surface area contributed by atoms with Gasteiger partial charge in [-0.1, -0.05) is 146 Å². The molecule has 11 aromatic rings. The minimum atomic E-state index is -0.438. The van der Waals surface area contributed by atoms with E-state index in [-0.39, 0.29) is 0 Å². The second-order valence-corrected chi connectivity index (χ2v) is 15.1. The highest BCUT2D eigenvalue weighted by molar-refractivity contribution is 6.12. The van der Waals surface area contributed by atoms with Crippen molar-refractivity contribution in [2.75, 3.05) is 0 Å². The van der Waals surface area contributed by atoms with Crippen LogP contribution >= 0.6 is 0 Å². The van der Waals surface area contributed by atoms with E-state index in [1.54, 1.807) is 0 Å². The molecule has 0 fully saturated rings. The number of para-hydroxylation sites is 2. The Balaban J connectivity index is 1.10. The molecule has 0 bridgehead atoms. The third-order valence-electron chi connectivity index (χ3n) is 12.3. The van der Waals surface area contributed by atoms with Crippen LogP contribution in [0.3, 0.4) is 0 Å². The summed E-state index contributed by atoms with van der Waals surface area (Å²) in [5, 5.41) is 4.46. The van der Waals surface area contributed by atoms with Gasteiger partial charge in [0, 0.05) is 32.7 Å². The van der Waals surface area contributed by atoms with Crippen LogP contribution in [0.5, 0.6) is 0 Å². The van der Waals surface area contributed by atoms with Crippen molar-refractivity contribution in [2.24, 2.45) is 0 Å². The molecule has 2 aliphatic rings. The minimum Gasteiger partial charge on any atom is -0.456 e. The average molecular weight is 727 g/mol. The first-order chi connectivity index (χ1) is 28.3. The van der Waals surface area contributed by atoms with Crippen LogP contribution in [0.15, 0.2) is 186 Å². The van der Waals surface area contributed by atoms with Crippen LogP contribution in [0, 0.1) is 0 Å². The summed E-state index contributed by atoms with van der Waals surface area (Å²) >= 11 is 0. The van der Waals surface area contributed by atoms with Gasteiger partial charge in [0.15, 0.2) is 11.6 Å². The van der Waals surface area contributed by atoms with Crippen LogP contribution in [0.4, 0.5) is 0 Å². The van der Waals surface area contributed by atoms with Crippen molar-refractivity contribution in [1.82, 2.24) is 19.5 Å². The first-order valence-corrected chi connectivity index (χ1v) is 19.4. The molecule has 5 heteroatoms. The Hall–Kier alpha value is -7.63. The molecule has 8 aromatic carbocycles. The lowest BCUT2D eigenvalue weighted by atomic mass is 9.70. The number of benzene rings is 8. The zero-order chi connectivity index (χ0) is 37.2. The predicted octanol–water partition coefficient (Wildman–Crippen LogP) is 12.5. The largest absolute Gasteiger partial charge is 0.456 e. The van der Waals surface area contributed by atoms with E-state index in [4.69, 9.17) is 19.4 Å². The van der Waals surface area contributed by atoms with Gasteiger partial charge in [-0.25, -0.2) is 4.98 Å². The van der Waals surface area contributed by atoms with E-state index in [0.29, 0.717) is 17.6 Å². The molecule has 0 radical (unpaired) electrons. The smallest absolute Gasteiger partial charge is 0.238 e. The summed E-state index contributed by atoms with van der Waals surface area (Å²) < 4.78 is 8.55. The lowest BCUT2D eigenvalue weighted by molar-refractivity contribution is 0.669. The number of furan rings is 1. The van der Waals surface area contributed by atoms with Crippen molar-refractivity contribution >= 4 is 43.7 Å². The fourth-order valence-electron chi connectivity index (χ4n) is 9.94. The van der Waals surface area contributed by atoms with Gasteiger partial charge in [0.25, 0.3) is 0 Å². The van der Waals surface area contributed by atoms with Gasteiger partial charge in [-0.2, -0.15) is 9.97 Å². The van der Waals surface area contributed by atoms with E-state index in [1.165, 1.54) is 44.5 Å². The SMILES string of the molecule is c1ccc(-c2nc(-c3ccc4c(c3)oc3ccccc34)nc(-n3c4ccccc4c4cc5c(cc43)-c3ccccc3C53c4ccccc4-c4ccccc43)n2)cc1. The highest BCUT2D eigenvalue weighted by atomic mass is 16.3. The molecule has 5 nitrogen and oxygen atoms in total. The number of rotatable bonds is 3. The van der Waals surface area contributed by atoms with Crippen LogP contribution in [0.25, 0.3) is 94.7 Å². The van der Waals surface area contributed by atoms with Crippen molar-refractivity contribution in [3.05, 3.63) is 204 Å². The fraction of sp³-hybridized carbons (Fsp3) is 0.0192. The highest BCUT2D eigenvalue weighted by Gasteiger charge is 2.51. The van der Waals surface area contributed by atoms with E-state index < -0.39 is 5.41 Å². The summed E-state index contributed by atoms with van der Waals surface area (Å²) in [4.78, 5) is 15.7. The maximum Gasteiger partial charge on any atom is 0.238 e. The van der Waals surface area contributed by atoms with Gasteiger partial charge in [-0.15, -0.1) is 0 Å². The molecular formula is C52H30N4O. The quantitative estimate of drug-likeness (QED) is 0.182. The zero-order valence-electron chi connectivity index (χ0n) is 30.5. The number of hydrogen-bond donors (Lipinski definition) is 0. The zero-order valence-corrected chi connectivity index (χ0v) is 30.5. The summed E-state index contributed by atoms with van der Waals surface area (Å²) in [7, 11) is 0. The van der Waals surface area contributed by atoms with Gasteiger partial charge in [-0.05, 0) is 80.9 Å². The van der Waals surface area contributed by atoms with Gasteiger partial charge in [0.1, 0.15) is 11.2 Å². The Labute approximate surface area is 327 Å². The molecule has 264 valence electrons. The molecule has 0 unspecified atom stereocenters. The molecule has 57 heavy (non-hydrogen) atoms. The minimum absolute atomic E-state index is 0.438. The number of fused-ring (bicyclic) bond motifs is 16. The van der Waals surface area contributed by atoms with Crippen molar-refractivity contribution in [1.29, 1.82) is 0 Å². The number of nitrogens with zero attached hydrogens (tertiary/aromatic N) is 4. The van der Waals surface area contributed by atoms with Gasteiger partial charge >= 0.3 is 0 Å². The summed E-state index contributed by atoms with van der Waals surface area (Å²) in [6, 6.07) is 64.9. The van der Waals surface area contributed by atoms with E-state index >= 15 is 0 Å². The predicted molar refractivity (Wildman–Crippen MR) is 229 cm³/mol. The van der Waals surface area contributed by atoms with Crippen LogP contribution in [0.1, 0.15) is 22.3 Å². The van der Waals surface area contributed by atoms with Crippen LogP contribution in [0.2, 0.25) is 0 Å². The van der Waals surface area contributed by atoms with Crippen LogP contribution < -0.4 is 0 Å². The molecule has 0 saturated carbocycles. The van der Waals surface area contributed by atoms with Crippen LogP contribution in [-0.2, 0) is 5.41 Å². The molecule has 3 aromatic heterocycles. The topological polar surface area (TPSA) is 56.7 Å². The van der Waals surface area contributed by atoms with Gasteiger partial charge < -0.3 is 4.42 Å². The van der Waals surface area contributed by atoms with E-state index in [2.05, 4.69) is 150 Å². The Morgan fingerprint density at radius 1 is 0.368 bits per heavy atom. The molecule has 2 aliphatic carbocycles. The third kappa shape index (κ3) is 4.04. The lowest BCUT2D eigenvalue weighted by Crippen LogP contribution is -2.25. The monoisotopic (exact) mass is 726 g/mol. The van der Waals surface area contributed by atoms with Crippen molar-refractivity contribution in [2.45, 2.75) is 5.41 Å². The van der Waals surface area contributed by atoms with Gasteiger partial charge in [0.2, 0.25) is 5.95 Å². The second kappa shape index (κ2) is 11.2. The van der Waals surface area contributed by atoms with Crippen molar-refractivity contribution in [3.63, 3.8) is 0 Å². The van der Waals surface area contributed by atoms with Crippen molar-refractivity contribution in [3.8, 4) is 51.0 Å². The first-order valence-electron chi connectivity index (χ1n) is 19.4. The molecule has 1 spiro atoms. The standard InChI is InChI=1S/C52H30N4O/c1-2-14-31(15-3-1)49-53-50(32-26-27-38-37-20-8-13-25-47(37)57-48(38)28-32)55-51(54-49)56-45-24-12-7-19-36(45)40-29-44-39(30-46(40)56)35-18-6-11-23-43(35)52(44)41-21-9-4-16-33(41)34-17-5-10-22-42(34)52/h1-30H. The Kier molecular flexibility index (Phi) is 6.04.